The Balaban J connectivity index is 1.69. The zero-order valence-electron chi connectivity index (χ0n) is 19.2. The number of aromatic nitrogens is 3. The van der Waals surface area contributed by atoms with Crippen molar-refractivity contribution in [1.29, 1.82) is 0 Å². The van der Waals surface area contributed by atoms with E-state index in [0.29, 0.717) is 23.3 Å². The maximum absolute atomic E-state index is 14.5. The van der Waals surface area contributed by atoms with Gasteiger partial charge >= 0.3 is 6.18 Å². The highest BCUT2D eigenvalue weighted by molar-refractivity contribution is 5.95. The third-order valence-corrected chi connectivity index (χ3v) is 5.74. The molecule has 0 saturated heterocycles. The maximum Gasteiger partial charge on any atom is 0.418 e. The van der Waals surface area contributed by atoms with E-state index >= 15 is 0 Å². The lowest BCUT2D eigenvalue weighted by atomic mass is 10.0. The minimum atomic E-state index is -4.74. The molecule has 2 heterocycles. The topological polar surface area (TPSA) is 50.9 Å². The largest absolute Gasteiger partial charge is 0.505 e. The first-order valence-corrected chi connectivity index (χ1v) is 11.1. The Labute approximate surface area is 211 Å². The summed E-state index contributed by atoms with van der Waals surface area (Å²) in [6, 6.07) is 13.8. The molecule has 0 radical (unpaired) electrons. The number of hydrogen-bond acceptors (Lipinski definition) is 3. The second-order valence-corrected chi connectivity index (χ2v) is 8.26. The van der Waals surface area contributed by atoms with E-state index in [0.717, 1.165) is 10.7 Å². The summed E-state index contributed by atoms with van der Waals surface area (Å²) < 4.78 is 84.7. The van der Waals surface area contributed by atoms with Crippen molar-refractivity contribution in [3.63, 3.8) is 0 Å². The summed E-state index contributed by atoms with van der Waals surface area (Å²) >= 11 is 0. The highest BCUT2D eigenvalue weighted by Crippen LogP contribution is 2.38. The van der Waals surface area contributed by atoms with Crippen LogP contribution in [0.4, 0.5) is 26.3 Å². The SMILES string of the molecule is Oc1cccnc1C#Cc1cccc(-c2c3cccc(C(F)(F)F)c3nn2Cc2c(F)cc(F)cc2F)c1. The molecule has 3 aromatic carbocycles. The minimum absolute atomic E-state index is 0.0928. The lowest BCUT2D eigenvalue weighted by Crippen LogP contribution is -2.09. The monoisotopic (exact) mass is 523 g/mol. The van der Waals surface area contributed by atoms with Crippen LogP contribution in [0.5, 0.6) is 5.75 Å². The quantitative estimate of drug-likeness (QED) is 0.212. The zero-order chi connectivity index (χ0) is 27.0. The number of rotatable bonds is 3. The van der Waals surface area contributed by atoms with Crippen LogP contribution in [-0.4, -0.2) is 19.9 Å². The molecular weight excluding hydrogens is 508 g/mol. The Morgan fingerprint density at radius 1 is 0.868 bits per heavy atom. The molecule has 0 bridgehead atoms. The normalized spacial score (nSPS) is 11.4. The molecule has 10 heteroatoms. The predicted molar refractivity (Wildman–Crippen MR) is 127 cm³/mol. The van der Waals surface area contributed by atoms with Crippen LogP contribution in [0.1, 0.15) is 22.4 Å². The Kier molecular flexibility index (Phi) is 6.28. The van der Waals surface area contributed by atoms with Crippen LogP contribution in [-0.2, 0) is 12.7 Å². The van der Waals surface area contributed by atoms with Crippen molar-refractivity contribution >= 4 is 10.9 Å². The number of pyridine rings is 1. The third kappa shape index (κ3) is 4.78. The molecule has 0 saturated carbocycles. The van der Waals surface area contributed by atoms with Crippen LogP contribution in [0, 0.1) is 29.3 Å². The van der Waals surface area contributed by atoms with Gasteiger partial charge in [0.25, 0.3) is 0 Å². The highest BCUT2D eigenvalue weighted by atomic mass is 19.4. The number of halogens is 6. The molecule has 1 N–H and O–H groups in total. The van der Waals surface area contributed by atoms with Gasteiger partial charge in [0, 0.05) is 40.4 Å². The van der Waals surface area contributed by atoms with Crippen LogP contribution in [0.2, 0.25) is 0 Å². The molecule has 0 amide bonds. The van der Waals surface area contributed by atoms with Crippen LogP contribution in [0.3, 0.4) is 0 Å². The zero-order valence-corrected chi connectivity index (χ0v) is 19.2. The summed E-state index contributed by atoms with van der Waals surface area (Å²) in [5.74, 6) is 1.92. The van der Waals surface area contributed by atoms with Crippen molar-refractivity contribution in [2.75, 3.05) is 0 Å². The van der Waals surface area contributed by atoms with Crippen molar-refractivity contribution in [2.45, 2.75) is 12.7 Å². The molecule has 5 aromatic rings. The number of hydrogen-bond donors (Lipinski definition) is 1. The Bertz CT molecular complexity index is 1720. The van der Waals surface area contributed by atoms with Gasteiger partial charge in [-0.15, -0.1) is 0 Å². The summed E-state index contributed by atoms with van der Waals surface area (Å²) in [6.45, 7) is -0.600. The summed E-state index contributed by atoms with van der Waals surface area (Å²) in [5.41, 5.74) is -0.907. The molecular formula is C28H15F6N3O. The Hall–Kier alpha value is -4.78. The van der Waals surface area contributed by atoms with Crippen LogP contribution >= 0.6 is 0 Å². The molecule has 5 rings (SSSR count). The molecule has 0 atom stereocenters. The standard InChI is InChI=1S/C28H15F6N3O/c29-18-13-22(30)20(23(31)14-18)15-37-27(19-6-2-7-21(26(19)36-37)28(32,33)34)17-5-1-4-16(12-17)9-10-24-25(38)8-3-11-35-24/h1-8,11-14,38H,15H2. The van der Waals surface area contributed by atoms with Crippen molar-refractivity contribution in [2.24, 2.45) is 0 Å². The maximum atomic E-state index is 14.5. The third-order valence-electron chi connectivity index (χ3n) is 5.74. The van der Waals surface area contributed by atoms with Gasteiger partial charge in [0.1, 0.15) is 28.7 Å². The number of benzene rings is 3. The Morgan fingerprint density at radius 3 is 2.32 bits per heavy atom. The number of fused-ring (bicyclic) bond motifs is 1. The van der Waals surface area contributed by atoms with Gasteiger partial charge in [0.15, 0.2) is 5.69 Å². The second kappa shape index (κ2) is 9.59. The van der Waals surface area contributed by atoms with E-state index < -0.39 is 46.8 Å². The van der Waals surface area contributed by atoms with E-state index in [1.165, 1.54) is 30.5 Å². The molecule has 0 unspecified atom stereocenters. The van der Waals surface area contributed by atoms with Gasteiger partial charge in [-0.2, -0.15) is 18.3 Å². The van der Waals surface area contributed by atoms with E-state index in [1.54, 1.807) is 24.3 Å². The van der Waals surface area contributed by atoms with E-state index in [9.17, 15) is 31.4 Å². The van der Waals surface area contributed by atoms with Gasteiger partial charge in [-0.25, -0.2) is 18.2 Å². The first-order chi connectivity index (χ1) is 18.1. The number of aromatic hydroxyl groups is 1. The van der Waals surface area contributed by atoms with Crippen LogP contribution in [0.15, 0.2) is 72.9 Å². The average Bonchev–Trinajstić information content (AvgIpc) is 3.23. The molecule has 0 fully saturated rings. The molecule has 4 nitrogen and oxygen atoms in total. The van der Waals surface area contributed by atoms with Gasteiger partial charge < -0.3 is 5.11 Å². The number of nitrogens with zero attached hydrogens (tertiary/aromatic N) is 3. The summed E-state index contributed by atoms with van der Waals surface area (Å²) in [6.07, 6.45) is -3.28. The Morgan fingerprint density at radius 2 is 1.61 bits per heavy atom. The smallest absolute Gasteiger partial charge is 0.418 e. The highest BCUT2D eigenvalue weighted by Gasteiger charge is 2.34. The molecule has 38 heavy (non-hydrogen) atoms. The molecule has 190 valence electrons. The molecule has 2 aromatic heterocycles. The van der Waals surface area contributed by atoms with Crippen molar-refractivity contribution in [1.82, 2.24) is 14.8 Å². The minimum Gasteiger partial charge on any atom is -0.505 e. The lowest BCUT2D eigenvalue weighted by molar-refractivity contribution is -0.136. The first-order valence-electron chi connectivity index (χ1n) is 11.1. The van der Waals surface area contributed by atoms with Crippen molar-refractivity contribution in [3.05, 3.63) is 113 Å². The van der Waals surface area contributed by atoms with Gasteiger partial charge in [0.2, 0.25) is 0 Å². The fraction of sp³-hybridized carbons (Fsp3) is 0.0714. The van der Waals surface area contributed by atoms with Gasteiger partial charge in [-0.1, -0.05) is 30.2 Å². The molecule has 0 aliphatic heterocycles. The molecule has 0 spiro atoms. The fourth-order valence-corrected chi connectivity index (χ4v) is 4.04. The lowest BCUT2D eigenvalue weighted by Gasteiger charge is -2.11. The summed E-state index contributed by atoms with van der Waals surface area (Å²) in [7, 11) is 0. The summed E-state index contributed by atoms with van der Waals surface area (Å²) in [5, 5.41) is 14.1. The van der Waals surface area contributed by atoms with Gasteiger partial charge in [0.05, 0.1) is 17.8 Å². The fourth-order valence-electron chi connectivity index (χ4n) is 4.04. The second-order valence-electron chi connectivity index (χ2n) is 8.26. The van der Waals surface area contributed by atoms with Crippen molar-refractivity contribution < 1.29 is 31.4 Å². The van der Waals surface area contributed by atoms with E-state index in [4.69, 9.17) is 0 Å². The van der Waals surface area contributed by atoms with E-state index in [1.807, 2.05) is 0 Å². The van der Waals surface area contributed by atoms with Crippen LogP contribution < -0.4 is 0 Å². The van der Waals surface area contributed by atoms with E-state index in [-0.39, 0.29) is 22.5 Å². The van der Waals surface area contributed by atoms with E-state index in [2.05, 4.69) is 21.9 Å². The van der Waals surface area contributed by atoms with Gasteiger partial charge in [-0.3, -0.25) is 4.68 Å². The first kappa shape index (κ1) is 24.9. The van der Waals surface area contributed by atoms with Gasteiger partial charge in [-0.05, 0) is 36.3 Å². The van der Waals surface area contributed by atoms with Crippen LogP contribution in [0.25, 0.3) is 22.2 Å². The average molecular weight is 523 g/mol. The molecule has 0 aliphatic rings. The molecule has 0 aliphatic carbocycles. The number of alkyl halides is 3. The summed E-state index contributed by atoms with van der Waals surface area (Å²) in [4.78, 5) is 3.98. The predicted octanol–water partition coefficient (Wildman–Crippen LogP) is 6.69. The van der Waals surface area contributed by atoms with Crippen molar-refractivity contribution in [3.8, 4) is 28.8 Å².